The summed E-state index contributed by atoms with van der Waals surface area (Å²) in [6.45, 7) is 2.77. The fourth-order valence-electron chi connectivity index (χ4n) is 2.79. The van der Waals surface area contributed by atoms with E-state index in [2.05, 4.69) is 15.3 Å². The van der Waals surface area contributed by atoms with Gasteiger partial charge in [-0.25, -0.2) is 9.97 Å². The lowest BCUT2D eigenvalue weighted by Crippen LogP contribution is -2.55. The molecule has 0 bridgehead atoms. The summed E-state index contributed by atoms with van der Waals surface area (Å²) in [4.78, 5) is 34.5. The fraction of sp³-hybridized carbons (Fsp3) is 0.625. The number of nitrogens with zero attached hydrogens (tertiary/aromatic N) is 4. The molecule has 2 amide bonds. The van der Waals surface area contributed by atoms with Crippen LogP contribution in [0.4, 0.5) is 19.0 Å². The SMILES string of the molecule is CSCC[C@@H](NC(C)=O)C(=O)N1CCN(c2cc(C(F)(F)F)ncn2)CC1. The lowest BCUT2D eigenvalue weighted by molar-refractivity contribution is -0.141. The van der Waals surface area contributed by atoms with Crippen molar-refractivity contribution in [1.29, 1.82) is 0 Å². The van der Waals surface area contributed by atoms with Gasteiger partial charge in [0.1, 0.15) is 23.9 Å². The van der Waals surface area contributed by atoms with Gasteiger partial charge in [-0.1, -0.05) is 0 Å². The van der Waals surface area contributed by atoms with Gasteiger partial charge in [-0.15, -0.1) is 0 Å². The smallest absolute Gasteiger partial charge is 0.353 e. The maximum atomic E-state index is 12.8. The number of hydrogen-bond donors (Lipinski definition) is 1. The third-order valence-corrected chi connectivity index (χ3v) is 4.79. The van der Waals surface area contributed by atoms with Gasteiger partial charge in [0.05, 0.1) is 0 Å². The van der Waals surface area contributed by atoms with Crippen molar-refractivity contribution < 1.29 is 22.8 Å². The Hall–Kier alpha value is -2.04. The third-order valence-electron chi connectivity index (χ3n) is 4.14. The molecule has 0 aliphatic carbocycles. The van der Waals surface area contributed by atoms with Gasteiger partial charge in [0.25, 0.3) is 0 Å². The maximum absolute atomic E-state index is 12.8. The number of alkyl halides is 3. The highest BCUT2D eigenvalue weighted by Crippen LogP contribution is 2.29. The summed E-state index contributed by atoms with van der Waals surface area (Å²) in [6, 6.07) is 0.327. The summed E-state index contributed by atoms with van der Waals surface area (Å²) in [6.07, 6.45) is -1.19. The first-order chi connectivity index (χ1) is 12.7. The number of thioether (sulfide) groups is 1. The van der Waals surface area contributed by atoms with Crippen LogP contribution in [-0.2, 0) is 15.8 Å². The number of amides is 2. The van der Waals surface area contributed by atoms with Crippen molar-refractivity contribution in [2.45, 2.75) is 25.6 Å². The first-order valence-corrected chi connectivity index (χ1v) is 9.80. The molecule has 2 rings (SSSR count). The summed E-state index contributed by atoms with van der Waals surface area (Å²) < 4.78 is 38.4. The van der Waals surface area contributed by atoms with Crippen molar-refractivity contribution in [2.75, 3.05) is 43.1 Å². The number of carbonyl (C=O) groups excluding carboxylic acids is 2. The Morgan fingerprint density at radius 1 is 1.26 bits per heavy atom. The zero-order chi connectivity index (χ0) is 20.0. The van der Waals surface area contributed by atoms with Crippen LogP contribution in [0.5, 0.6) is 0 Å². The van der Waals surface area contributed by atoms with E-state index in [1.807, 2.05) is 6.26 Å². The van der Waals surface area contributed by atoms with Crippen LogP contribution < -0.4 is 10.2 Å². The molecule has 1 atom stereocenters. The molecule has 2 heterocycles. The second-order valence-corrected chi connectivity index (χ2v) is 7.09. The van der Waals surface area contributed by atoms with Crippen LogP contribution >= 0.6 is 11.8 Å². The van der Waals surface area contributed by atoms with E-state index in [1.54, 1.807) is 21.6 Å². The number of carbonyl (C=O) groups is 2. The predicted molar refractivity (Wildman–Crippen MR) is 96.4 cm³/mol. The molecule has 0 saturated carbocycles. The molecular weight excluding hydrogens is 383 g/mol. The number of nitrogens with one attached hydrogen (secondary N) is 1. The minimum atomic E-state index is -4.53. The van der Waals surface area contributed by atoms with E-state index in [-0.39, 0.29) is 17.6 Å². The highest BCUT2D eigenvalue weighted by atomic mass is 32.2. The summed E-state index contributed by atoms with van der Waals surface area (Å²) in [5, 5.41) is 2.68. The monoisotopic (exact) mass is 405 g/mol. The van der Waals surface area contributed by atoms with Crippen molar-refractivity contribution in [3.05, 3.63) is 18.1 Å². The summed E-state index contributed by atoms with van der Waals surface area (Å²) in [7, 11) is 0. The van der Waals surface area contributed by atoms with Gasteiger partial charge in [0.15, 0.2) is 0 Å². The van der Waals surface area contributed by atoms with Crippen molar-refractivity contribution in [3.8, 4) is 0 Å². The standard InChI is InChI=1S/C16H22F3N5O2S/c1-11(25)22-12(3-8-27-2)15(26)24-6-4-23(5-7-24)14-9-13(16(17,18)19)20-10-21-14/h9-10,12H,3-8H2,1-2H3,(H,22,25)/t12-/m1/s1. The van der Waals surface area contributed by atoms with Crippen LogP contribution in [0.25, 0.3) is 0 Å². The molecule has 0 aromatic carbocycles. The molecule has 150 valence electrons. The zero-order valence-electron chi connectivity index (χ0n) is 15.1. The molecule has 1 aliphatic rings. The second kappa shape index (κ2) is 9.25. The molecule has 0 spiro atoms. The quantitative estimate of drug-likeness (QED) is 0.771. The summed E-state index contributed by atoms with van der Waals surface area (Å²) in [5.74, 6) is 0.481. The number of aromatic nitrogens is 2. The average molecular weight is 405 g/mol. The van der Waals surface area contributed by atoms with E-state index >= 15 is 0 Å². The minimum absolute atomic E-state index is 0.169. The van der Waals surface area contributed by atoms with Crippen LogP contribution in [-0.4, -0.2) is 70.9 Å². The Morgan fingerprint density at radius 3 is 2.48 bits per heavy atom. The lowest BCUT2D eigenvalue weighted by atomic mass is 10.1. The zero-order valence-corrected chi connectivity index (χ0v) is 15.9. The number of rotatable bonds is 6. The van der Waals surface area contributed by atoms with Gasteiger partial charge >= 0.3 is 6.18 Å². The third kappa shape index (κ3) is 5.98. The molecule has 11 heteroatoms. The maximum Gasteiger partial charge on any atom is 0.433 e. The molecule has 0 radical (unpaired) electrons. The number of anilines is 1. The van der Waals surface area contributed by atoms with Crippen LogP contribution in [0.2, 0.25) is 0 Å². The molecule has 27 heavy (non-hydrogen) atoms. The molecule has 1 aliphatic heterocycles. The highest BCUT2D eigenvalue weighted by molar-refractivity contribution is 7.98. The molecule has 1 aromatic heterocycles. The van der Waals surface area contributed by atoms with E-state index in [4.69, 9.17) is 0 Å². The molecule has 1 fully saturated rings. The number of piperazine rings is 1. The number of hydrogen-bond acceptors (Lipinski definition) is 6. The predicted octanol–water partition coefficient (Wildman–Crippen LogP) is 1.40. The Labute approximate surface area is 159 Å². The molecular formula is C16H22F3N5O2S. The highest BCUT2D eigenvalue weighted by Gasteiger charge is 2.34. The van der Waals surface area contributed by atoms with Crippen molar-refractivity contribution in [3.63, 3.8) is 0 Å². The van der Waals surface area contributed by atoms with Gasteiger partial charge < -0.3 is 15.1 Å². The second-order valence-electron chi connectivity index (χ2n) is 6.11. The summed E-state index contributed by atoms with van der Waals surface area (Å²) >= 11 is 1.59. The van der Waals surface area contributed by atoms with Crippen molar-refractivity contribution in [2.24, 2.45) is 0 Å². The Kier molecular flexibility index (Phi) is 7.28. The average Bonchev–Trinajstić information content (AvgIpc) is 2.64. The van der Waals surface area contributed by atoms with E-state index in [1.165, 1.54) is 6.92 Å². The van der Waals surface area contributed by atoms with Gasteiger partial charge in [-0.05, 0) is 18.4 Å². The Morgan fingerprint density at radius 2 is 1.93 bits per heavy atom. The molecule has 7 nitrogen and oxygen atoms in total. The first-order valence-electron chi connectivity index (χ1n) is 8.41. The Bertz CT molecular complexity index is 666. The fourth-order valence-corrected chi connectivity index (χ4v) is 3.26. The van der Waals surface area contributed by atoms with Crippen LogP contribution in [0.15, 0.2) is 12.4 Å². The van der Waals surface area contributed by atoms with E-state index < -0.39 is 17.9 Å². The molecule has 1 aromatic rings. The normalized spacial score (nSPS) is 16.2. The van der Waals surface area contributed by atoms with Gasteiger partial charge in [-0.2, -0.15) is 24.9 Å². The van der Waals surface area contributed by atoms with E-state index in [9.17, 15) is 22.8 Å². The Balaban J connectivity index is 1.99. The first kappa shape index (κ1) is 21.3. The van der Waals surface area contributed by atoms with Crippen molar-refractivity contribution in [1.82, 2.24) is 20.2 Å². The van der Waals surface area contributed by atoms with Crippen LogP contribution in [0.1, 0.15) is 19.0 Å². The summed E-state index contributed by atoms with van der Waals surface area (Å²) in [5.41, 5.74) is -0.992. The largest absolute Gasteiger partial charge is 0.433 e. The van der Waals surface area contributed by atoms with Crippen molar-refractivity contribution >= 4 is 29.4 Å². The topological polar surface area (TPSA) is 78.4 Å². The van der Waals surface area contributed by atoms with Crippen LogP contribution in [0.3, 0.4) is 0 Å². The molecule has 1 N–H and O–H groups in total. The minimum Gasteiger partial charge on any atom is -0.353 e. The van der Waals surface area contributed by atoms with E-state index in [0.717, 1.165) is 18.1 Å². The van der Waals surface area contributed by atoms with Gasteiger partial charge in [0, 0.05) is 39.2 Å². The van der Waals surface area contributed by atoms with E-state index in [0.29, 0.717) is 32.6 Å². The lowest BCUT2D eigenvalue weighted by Gasteiger charge is -2.37. The number of halogens is 3. The molecule has 0 unspecified atom stereocenters. The van der Waals surface area contributed by atoms with Gasteiger partial charge in [-0.3, -0.25) is 9.59 Å². The van der Waals surface area contributed by atoms with Crippen LogP contribution in [0, 0.1) is 0 Å². The molecule has 1 saturated heterocycles. The van der Waals surface area contributed by atoms with Gasteiger partial charge in [0.2, 0.25) is 11.8 Å².